The van der Waals surface area contributed by atoms with Gasteiger partial charge in [0.1, 0.15) is 10.3 Å². The summed E-state index contributed by atoms with van der Waals surface area (Å²) >= 11 is 3.15. The zero-order chi connectivity index (χ0) is 12.0. The molecule has 16 heavy (non-hydrogen) atoms. The molecule has 0 fully saturated rings. The Hall–Kier alpha value is -0.920. The van der Waals surface area contributed by atoms with Crippen LogP contribution in [0.4, 0.5) is 5.82 Å². The smallest absolute Gasteiger partial charge is 0.267 e. The maximum Gasteiger partial charge on any atom is 0.267 e. The first-order valence-electron chi connectivity index (χ1n) is 4.67. The number of nitrogens with zero attached hydrogens (tertiary/aromatic N) is 1. The SMILES string of the molecule is COCC(CNc1nc[nH]c(=O)c1Br)OC. The number of aromatic amines is 1. The number of rotatable bonds is 6. The third-order valence-electron chi connectivity index (χ3n) is 1.98. The molecule has 0 amide bonds. The number of aromatic nitrogens is 2. The Balaban J connectivity index is 2.60. The topological polar surface area (TPSA) is 76.2 Å². The van der Waals surface area contributed by atoms with Gasteiger partial charge in [-0.25, -0.2) is 4.98 Å². The van der Waals surface area contributed by atoms with Crippen molar-refractivity contribution in [1.82, 2.24) is 9.97 Å². The molecule has 6 nitrogen and oxygen atoms in total. The third kappa shape index (κ3) is 3.58. The van der Waals surface area contributed by atoms with Crippen molar-refractivity contribution in [3.8, 4) is 0 Å². The summed E-state index contributed by atoms with van der Waals surface area (Å²) in [7, 11) is 3.21. The van der Waals surface area contributed by atoms with Crippen LogP contribution in [-0.2, 0) is 9.47 Å². The zero-order valence-electron chi connectivity index (χ0n) is 9.12. The van der Waals surface area contributed by atoms with Crippen molar-refractivity contribution in [2.24, 2.45) is 0 Å². The number of H-pyrrole nitrogens is 1. The first-order valence-corrected chi connectivity index (χ1v) is 5.47. The molecular formula is C9H14BrN3O3. The molecule has 0 aliphatic heterocycles. The summed E-state index contributed by atoms with van der Waals surface area (Å²) < 4.78 is 10.5. The number of methoxy groups -OCH3 is 2. The van der Waals surface area contributed by atoms with Crippen LogP contribution in [0.5, 0.6) is 0 Å². The second-order valence-corrected chi connectivity index (χ2v) is 3.88. The lowest BCUT2D eigenvalue weighted by atomic mass is 10.3. The van der Waals surface area contributed by atoms with E-state index < -0.39 is 0 Å². The molecule has 90 valence electrons. The predicted octanol–water partition coefficient (Wildman–Crippen LogP) is 0.606. The van der Waals surface area contributed by atoms with Crippen molar-refractivity contribution in [2.75, 3.05) is 32.7 Å². The summed E-state index contributed by atoms with van der Waals surface area (Å²) in [5, 5.41) is 3.01. The predicted molar refractivity (Wildman–Crippen MR) is 63.7 cm³/mol. The Bertz CT molecular complexity index is 383. The van der Waals surface area contributed by atoms with Gasteiger partial charge < -0.3 is 19.8 Å². The normalized spacial score (nSPS) is 12.4. The molecule has 0 radical (unpaired) electrons. The number of halogens is 1. The Morgan fingerprint density at radius 1 is 1.62 bits per heavy atom. The van der Waals surface area contributed by atoms with Gasteiger partial charge >= 0.3 is 0 Å². The van der Waals surface area contributed by atoms with Crippen LogP contribution in [0.1, 0.15) is 0 Å². The van der Waals surface area contributed by atoms with Crippen molar-refractivity contribution < 1.29 is 9.47 Å². The average molecular weight is 292 g/mol. The molecule has 1 atom stereocenters. The molecule has 0 bridgehead atoms. The summed E-state index contributed by atoms with van der Waals surface area (Å²) in [4.78, 5) is 17.7. The van der Waals surface area contributed by atoms with Crippen LogP contribution in [0.2, 0.25) is 0 Å². The molecule has 0 aromatic carbocycles. The standard InChI is InChI=1S/C9H14BrN3O3/c1-15-4-6(16-2)3-11-8-7(10)9(14)13-5-12-8/h5-6H,3-4H2,1-2H3,(H2,11,12,13,14). The Labute approximate surface area is 102 Å². The van der Waals surface area contributed by atoms with Crippen molar-refractivity contribution in [3.63, 3.8) is 0 Å². The van der Waals surface area contributed by atoms with Crippen LogP contribution in [0.25, 0.3) is 0 Å². The highest BCUT2D eigenvalue weighted by atomic mass is 79.9. The van der Waals surface area contributed by atoms with Gasteiger partial charge in [-0.1, -0.05) is 0 Å². The van der Waals surface area contributed by atoms with Gasteiger partial charge in [0, 0.05) is 20.8 Å². The van der Waals surface area contributed by atoms with Gasteiger partial charge in [0.05, 0.1) is 19.0 Å². The fourth-order valence-electron chi connectivity index (χ4n) is 1.11. The minimum atomic E-state index is -0.224. The van der Waals surface area contributed by atoms with Gasteiger partial charge in [0.15, 0.2) is 0 Å². The Morgan fingerprint density at radius 3 is 3.00 bits per heavy atom. The van der Waals surface area contributed by atoms with Crippen molar-refractivity contribution in [1.29, 1.82) is 0 Å². The number of hydrogen-bond donors (Lipinski definition) is 2. The average Bonchev–Trinajstić information content (AvgIpc) is 2.29. The van der Waals surface area contributed by atoms with E-state index >= 15 is 0 Å². The number of ether oxygens (including phenoxy) is 2. The molecule has 7 heteroatoms. The minimum Gasteiger partial charge on any atom is -0.382 e. The number of hydrogen-bond acceptors (Lipinski definition) is 5. The maximum absolute atomic E-state index is 11.2. The fraction of sp³-hybridized carbons (Fsp3) is 0.556. The summed E-state index contributed by atoms with van der Waals surface area (Å²) in [6, 6.07) is 0. The van der Waals surface area contributed by atoms with E-state index in [4.69, 9.17) is 9.47 Å². The van der Waals surface area contributed by atoms with Crippen molar-refractivity contribution in [2.45, 2.75) is 6.10 Å². The highest BCUT2D eigenvalue weighted by Gasteiger charge is 2.09. The lowest BCUT2D eigenvalue weighted by molar-refractivity contribution is 0.0365. The Morgan fingerprint density at radius 2 is 2.38 bits per heavy atom. The summed E-state index contributed by atoms with van der Waals surface area (Å²) in [5.41, 5.74) is -0.224. The summed E-state index contributed by atoms with van der Waals surface area (Å²) in [6.45, 7) is 0.990. The number of anilines is 1. The second kappa shape index (κ2) is 6.62. The lowest BCUT2D eigenvalue weighted by Gasteiger charge is -2.15. The van der Waals surface area contributed by atoms with Gasteiger partial charge in [0.2, 0.25) is 0 Å². The molecule has 0 spiro atoms. The maximum atomic E-state index is 11.2. The largest absolute Gasteiger partial charge is 0.382 e. The van der Waals surface area contributed by atoms with E-state index in [9.17, 15) is 4.79 Å². The molecule has 2 N–H and O–H groups in total. The molecule has 0 saturated heterocycles. The Kier molecular flexibility index (Phi) is 5.44. The molecule has 1 unspecified atom stereocenters. The van der Waals surface area contributed by atoms with Gasteiger partial charge in [-0.15, -0.1) is 0 Å². The van der Waals surface area contributed by atoms with E-state index in [0.29, 0.717) is 23.4 Å². The molecule has 1 aromatic heterocycles. The van der Waals surface area contributed by atoms with Crippen LogP contribution in [-0.4, -0.2) is 43.4 Å². The van der Waals surface area contributed by atoms with Gasteiger partial charge in [0.25, 0.3) is 5.56 Å². The number of nitrogens with one attached hydrogen (secondary N) is 2. The fourth-order valence-corrected chi connectivity index (χ4v) is 1.47. The van der Waals surface area contributed by atoms with Crippen molar-refractivity contribution in [3.05, 3.63) is 21.2 Å². The van der Waals surface area contributed by atoms with Gasteiger partial charge in [-0.05, 0) is 15.9 Å². The van der Waals surface area contributed by atoms with Crippen LogP contribution in [0.15, 0.2) is 15.6 Å². The first-order chi connectivity index (χ1) is 7.69. The molecule has 0 aliphatic carbocycles. The molecular weight excluding hydrogens is 278 g/mol. The van der Waals surface area contributed by atoms with Gasteiger partial charge in [-0.3, -0.25) is 4.79 Å². The summed E-state index contributed by atoms with van der Waals surface area (Å²) in [5.74, 6) is 0.488. The highest BCUT2D eigenvalue weighted by Crippen LogP contribution is 2.12. The van der Waals surface area contributed by atoms with E-state index in [2.05, 4.69) is 31.2 Å². The van der Waals surface area contributed by atoms with Crippen molar-refractivity contribution >= 4 is 21.7 Å². The second-order valence-electron chi connectivity index (χ2n) is 3.09. The molecule has 1 rings (SSSR count). The molecule has 1 heterocycles. The van der Waals surface area contributed by atoms with Crippen LogP contribution in [0, 0.1) is 0 Å². The zero-order valence-corrected chi connectivity index (χ0v) is 10.7. The van der Waals surface area contributed by atoms with Crippen LogP contribution in [0.3, 0.4) is 0 Å². The molecule has 0 aliphatic rings. The van der Waals surface area contributed by atoms with E-state index in [1.54, 1.807) is 14.2 Å². The molecule has 0 saturated carbocycles. The highest BCUT2D eigenvalue weighted by molar-refractivity contribution is 9.10. The molecule has 1 aromatic rings. The van der Waals surface area contributed by atoms with E-state index in [1.165, 1.54) is 6.33 Å². The lowest BCUT2D eigenvalue weighted by Crippen LogP contribution is -2.27. The quantitative estimate of drug-likeness (QED) is 0.803. The summed E-state index contributed by atoms with van der Waals surface area (Å²) in [6.07, 6.45) is 1.26. The van der Waals surface area contributed by atoms with Crippen LogP contribution >= 0.6 is 15.9 Å². The van der Waals surface area contributed by atoms with E-state index in [0.717, 1.165) is 0 Å². The van der Waals surface area contributed by atoms with E-state index in [1.807, 2.05) is 0 Å². The minimum absolute atomic E-state index is 0.0852. The van der Waals surface area contributed by atoms with E-state index in [-0.39, 0.29) is 11.7 Å². The first kappa shape index (κ1) is 13.1. The van der Waals surface area contributed by atoms with Gasteiger partial charge in [-0.2, -0.15) is 0 Å². The van der Waals surface area contributed by atoms with Crippen LogP contribution < -0.4 is 10.9 Å². The third-order valence-corrected chi connectivity index (χ3v) is 2.72. The monoisotopic (exact) mass is 291 g/mol.